The molecular weight excluding hydrogens is 258 g/mol. The van der Waals surface area contributed by atoms with Crippen molar-refractivity contribution in [3.63, 3.8) is 0 Å². The van der Waals surface area contributed by atoms with Crippen molar-refractivity contribution in [3.8, 4) is 0 Å². The highest BCUT2D eigenvalue weighted by atomic mass is 16.6. The van der Waals surface area contributed by atoms with Crippen molar-refractivity contribution in [1.29, 1.82) is 0 Å². The monoisotopic (exact) mass is 271 g/mol. The Labute approximate surface area is 115 Å². The van der Waals surface area contributed by atoms with Gasteiger partial charge in [-0.2, -0.15) is 5.10 Å². The molecule has 2 rings (SSSR count). The quantitative estimate of drug-likeness (QED) is 0.370. The number of benzene rings is 1. The van der Waals surface area contributed by atoms with E-state index in [4.69, 9.17) is 0 Å². The fraction of sp³-hybridized carbons (Fsp3) is 0.143. The second-order valence-corrected chi connectivity index (χ2v) is 4.32. The molecule has 1 heterocycles. The van der Waals surface area contributed by atoms with Gasteiger partial charge in [-0.3, -0.25) is 19.6 Å². The van der Waals surface area contributed by atoms with Crippen molar-refractivity contribution in [2.24, 2.45) is 7.05 Å². The van der Waals surface area contributed by atoms with Crippen molar-refractivity contribution < 1.29 is 9.72 Å². The molecule has 1 aromatic heterocycles. The SMILES string of the molecule is Cc1nn(C)cc1C(=O)C=Cc1ccccc1[N+](=O)[O-]. The van der Waals surface area contributed by atoms with E-state index in [0.29, 0.717) is 16.8 Å². The molecule has 0 unspecified atom stereocenters. The summed E-state index contributed by atoms with van der Waals surface area (Å²) in [6, 6.07) is 6.27. The van der Waals surface area contributed by atoms with E-state index in [9.17, 15) is 14.9 Å². The normalized spacial score (nSPS) is 10.9. The summed E-state index contributed by atoms with van der Waals surface area (Å²) in [6.07, 6.45) is 4.40. The minimum absolute atomic E-state index is 0.0283. The van der Waals surface area contributed by atoms with Gasteiger partial charge in [0, 0.05) is 19.3 Å². The molecule has 0 radical (unpaired) electrons. The zero-order chi connectivity index (χ0) is 14.7. The van der Waals surface area contributed by atoms with Crippen LogP contribution in [0.5, 0.6) is 0 Å². The van der Waals surface area contributed by atoms with Crippen molar-refractivity contribution >= 4 is 17.5 Å². The van der Waals surface area contributed by atoms with Gasteiger partial charge < -0.3 is 0 Å². The number of carbonyl (C=O) groups is 1. The van der Waals surface area contributed by atoms with Crippen LogP contribution in [0.15, 0.2) is 36.5 Å². The summed E-state index contributed by atoms with van der Waals surface area (Å²) >= 11 is 0. The molecule has 6 heteroatoms. The summed E-state index contributed by atoms with van der Waals surface area (Å²) in [5.74, 6) is -0.228. The first-order valence-corrected chi connectivity index (χ1v) is 5.95. The number of carbonyl (C=O) groups excluding carboxylic acids is 1. The molecule has 0 spiro atoms. The summed E-state index contributed by atoms with van der Waals surface area (Å²) in [7, 11) is 1.73. The first kappa shape index (κ1) is 13.7. The van der Waals surface area contributed by atoms with E-state index in [1.807, 2.05) is 0 Å². The van der Waals surface area contributed by atoms with E-state index < -0.39 is 4.92 Å². The van der Waals surface area contributed by atoms with E-state index in [2.05, 4.69) is 5.10 Å². The number of aryl methyl sites for hydroxylation is 2. The van der Waals surface area contributed by atoms with Gasteiger partial charge in [0.2, 0.25) is 0 Å². The molecule has 102 valence electrons. The largest absolute Gasteiger partial charge is 0.289 e. The van der Waals surface area contributed by atoms with Crippen molar-refractivity contribution in [2.45, 2.75) is 6.92 Å². The maximum Gasteiger partial charge on any atom is 0.276 e. The Kier molecular flexibility index (Phi) is 3.74. The molecule has 0 amide bonds. The predicted molar refractivity (Wildman–Crippen MR) is 74.4 cm³/mol. The molecule has 0 atom stereocenters. The van der Waals surface area contributed by atoms with Gasteiger partial charge >= 0.3 is 0 Å². The maximum atomic E-state index is 12.0. The number of ketones is 1. The number of nitro benzene ring substituents is 1. The van der Waals surface area contributed by atoms with Crippen LogP contribution in [0.4, 0.5) is 5.69 Å². The van der Waals surface area contributed by atoms with Crippen LogP contribution >= 0.6 is 0 Å². The number of nitro groups is 1. The summed E-state index contributed by atoms with van der Waals surface area (Å²) in [6.45, 7) is 1.74. The van der Waals surface area contributed by atoms with Gasteiger partial charge in [-0.25, -0.2) is 0 Å². The summed E-state index contributed by atoms with van der Waals surface area (Å²) in [5, 5.41) is 15.0. The molecule has 20 heavy (non-hydrogen) atoms. The van der Waals surface area contributed by atoms with Gasteiger partial charge in [-0.05, 0) is 25.1 Å². The lowest BCUT2D eigenvalue weighted by Crippen LogP contribution is -1.95. The predicted octanol–water partition coefficient (Wildman–Crippen LogP) is 2.53. The molecule has 0 aliphatic carbocycles. The van der Waals surface area contributed by atoms with E-state index in [0.717, 1.165) is 0 Å². The highest BCUT2D eigenvalue weighted by molar-refractivity contribution is 6.07. The van der Waals surface area contributed by atoms with Gasteiger partial charge in [-0.1, -0.05) is 12.1 Å². The fourth-order valence-corrected chi connectivity index (χ4v) is 1.89. The van der Waals surface area contributed by atoms with Crippen LogP contribution in [-0.4, -0.2) is 20.5 Å². The van der Waals surface area contributed by atoms with E-state index in [1.165, 1.54) is 18.2 Å². The van der Waals surface area contributed by atoms with Crippen LogP contribution in [0.3, 0.4) is 0 Å². The summed E-state index contributed by atoms with van der Waals surface area (Å²) in [5.41, 5.74) is 1.49. The van der Waals surface area contributed by atoms with Crippen molar-refractivity contribution in [1.82, 2.24) is 9.78 Å². The minimum atomic E-state index is -0.473. The minimum Gasteiger partial charge on any atom is -0.289 e. The molecule has 6 nitrogen and oxygen atoms in total. The molecule has 1 aromatic carbocycles. The average molecular weight is 271 g/mol. The lowest BCUT2D eigenvalue weighted by atomic mass is 10.1. The molecule has 0 aliphatic rings. The maximum absolute atomic E-state index is 12.0. The molecule has 0 saturated heterocycles. The highest BCUT2D eigenvalue weighted by Gasteiger charge is 2.12. The van der Waals surface area contributed by atoms with Crippen LogP contribution in [0.25, 0.3) is 6.08 Å². The Morgan fingerprint density at radius 1 is 1.40 bits per heavy atom. The van der Waals surface area contributed by atoms with Crippen LogP contribution in [0.1, 0.15) is 21.6 Å². The van der Waals surface area contributed by atoms with E-state index in [1.54, 1.807) is 43.0 Å². The highest BCUT2D eigenvalue weighted by Crippen LogP contribution is 2.19. The standard InChI is InChI=1S/C14H13N3O3/c1-10-12(9-16(2)15-10)14(18)8-7-11-5-3-4-6-13(11)17(19)20/h3-9H,1-2H3. The van der Waals surface area contributed by atoms with Gasteiger partial charge in [-0.15, -0.1) is 0 Å². The summed E-state index contributed by atoms with van der Waals surface area (Å²) < 4.78 is 1.56. The first-order valence-electron chi connectivity index (χ1n) is 5.95. The van der Waals surface area contributed by atoms with Crippen LogP contribution in [0.2, 0.25) is 0 Å². The number of hydrogen-bond donors (Lipinski definition) is 0. The smallest absolute Gasteiger partial charge is 0.276 e. The zero-order valence-corrected chi connectivity index (χ0v) is 11.1. The average Bonchev–Trinajstić information content (AvgIpc) is 2.75. The third-order valence-electron chi connectivity index (χ3n) is 2.83. The van der Waals surface area contributed by atoms with E-state index >= 15 is 0 Å². The Morgan fingerprint density at radius 3 is 2.70 bits per heavy atom. The Hall–Kier alpha value is -2.76. The van der Waals surface area contributed by atoms with E-state index in [-0.39, 0.29) is 11.5 Å². The van der Waals surface area contributed by atoms with Crippen molar-refractivity contribution in [3.05, 3.63) is 63.5 Å². The topological polar surface area (TPSA) is 78.0 Å². The van der Waals surface area contributed by atoms with Gasteiger partial charge in [0.1, 0.15) is 0 Å². The molecule has 0 saturated carbocycles. The van der Waals surface area contributed by atoms with Crippen molar-refractivity contribution in [2.75, 3.05) is 0 Å². The molecule has 0 bridgehead atoms. The summed E-state index contributed by atoms with van der Waals surface area (Å²) in [4.78, 5) is 22.4. The van der Waals surface area contributed by atoms with Crippen LogP contribution in [0, 0.1) is 17.0 Å². The second kappa shape index (κ2) is 5.48. The number of hydrogen-bond acceptors (Lipinski definition) is 4. The number of rotatable bonds is 4. The molecule has 0 fully saturated rings. The number of allylic oxidation sites excluding steroid dienone is 1. The van der Waals surface area contributed by atoms with Gasteiger partial charge in [0.15, 0.2) is 5.78 Å². The van der Waals surface area contributed by atoms with Gasteiger partial charge in [0.25, 0.3) is 5.69 Å². The van der Waals surface area contributed by atoms with Gasteiger partial charge in [0.05, 0.1) is 21.7 Å². The molecule has 0 N–H and O–H groups in total. The lowest BCUT2D eigenvalue weighted by Gasteiger charge is -1.96. The Bertz CT molecular complexity index is 701. The second-order valence-electron chi connectivity index (χ2n) is 4.32. The third kappa shape index (κ3) is 2.80. The zero-order valence-electron chi connectivity index (χ0n) is 11.1. The molecule has 0 aliphatic heterocycles. The Morgan fingerprint density at radius 2 is 2.10 bits per heavy atom. The third-order valence-corrected chi connectivity index (χ3v) is 2.83. The molecule has 2 aromatic rings. The fourth-order valence-electron chi connectivity index (χ4n) is 1.89. The Balaban J connectivity index is 2.28. The first-order chi connectivity index (χ1) is 9.49. The van der Waals surface area contributed by atoms with Crippen LogP contribution < -0.4 is 0 Å². The number of aromatic nitrogens is 2. The molecular formula is C14H13N3O3. The lowest BCUT2D eigenvalue weighted by molar-refractivity contribution is -0.385. The number of nitrogens with zero attached hydrogens (tertiary/aromatic N) is 3. The number of para-hydroxylation sites is 1. The van der Waals surface area contributed by atoms with Crippen LogP contribution in [-0.2, 0) is 7.05 Å².